The van der Waals surface area contributed by atoms with Crippen LogP contribution in [-0.2, 0) is 24.2 Å². The van der Waals surface area contributed by atoms with Gasteiger partial charge in [-0.1, -0.05) is 12.2 Å². The molecule has 8 nitrogen and oxygen atoms in total. The highest BCUT2D eigenvalue weighted by atomic mass is 16.4. The predicted molar refractivity (Wildman–Crippen MR) is 104 cm³/mol. The molecule has 146 valence electrons. The third-order valence-electron chi connectivity index (χ3n) is 5.13. The molecule has 2 N–H and O–H groups in total. The lowest BCUT2D eigenvalue weighted by Crippen LogP contribution is -2.36. The number of pyridine rings is 1. The Balaban J connectivity index is 0.000000442. The maximum atomic E-state index is 12.2. The first-order valence-corrected chi connectivity index (χ1v) is 9.51. The van der Waals surface area contributed by atoms with E-state index in [0.717, 1.165) is 74.2 Å². The van der Waals surface area contributed by atoms with Gasteiger partial charge in [0, 0.05) is 43.9 Å². The van der Waals surface area contributed by atoms with Gasteiger partial charge in [-0.2, -0.15) is 5.10 Å². The molecule has 0 aromatic carbocycles. The van der Waals surface area contributed by atoms with Gasteiger partial charge < -0.3 is 15.3 Å². The van der Waals surface area contributed by atoms with E-state index in [2.05, 4.69) is 33.4 Å². The predicted octanol–water partition coefficient (Wildman–Crippen LogP) is 1.64. The number of carbonyl (C=O) groups is 2. The second-order valence-electron chi connectivity index (χ2n) is 7.08. The van der Waals surface area contributed by atoms with Crippen LogP contribution in [0.5, 0.6) is 0 Å². The summed E-state index contributed by atoms with van der Waals surface area (Å²) >= 11 is 0. The van der Waals surface area contributed by atoms with Crippen LogP contribution in [0, 0.1) is 0 Å². The summed E-state index contributed by atoms with van der Waals surface area (Å²) in [5, 5.41) is 15.1. The van der Waals surface area contributed by atoms with Crippen molar-refractivity contribution in [1.29, 1.82) is 0 Å². The van der Waals surface area contributed by atoms with Crippen molar-refractivity contribution in [3.63, 3.8) is 0 Å². The number of carboxylic acids is 1. The Labute approximate surface area is 162 Å². The maximum absolute atomic E-state index is 12.2. The van der Waals surface area contributed by atoms with E-state index in [1.165, 1.54) is 5.56 Å². The molecule has 8 heteroatoms. The number of nitrogens with one attached hydrogen (secondary N) is 1. The molecule has 4 heterocycles. The van der Waals surface area contributed by atoms with Crippen molar-refractivity contribution in [2.24, 2.45) is 0 Å². The molecule has 3 aliphatic rings. The van der Waals surface area contributed by atoms with Crippen LogP contribution in [0.3, 0.4) is 0 Å². The Hall–Kier alpha value is -3.16. The molecule has 2 aliphatic heterocycles. The fourth-order valence-electron chi connectivity index (χ4n) is 3.90. The monoisotopic (exact) mass is 381 g/mol. The SMILES string of the molecule is CC(=O)O.O=C1NCCn2nc3c(c21)CCc1cnc(N2CC=CCC2)cc1-3. The van der Waals surface area contributed by atoms with Crippen LogP contribution in [0.4, 0.5) is 5.82 Å². The highest BCUT2D eigenvalue weighted by molar-refractivity contribution is 5.97. The highest BCUT2D eigenvalue weighted by Gasteiger charge is 2.30. The van der Waals surface area contributed by atoms with E-state index in [1.54, 1.807) is 0 Å². The summed E-state index contributed by atoms with van der Waals surface area (Å²) in [4.78, 5) is 28.2. The molecule has 1 aliphatic carbocycles. The number of nitrogens with zero attached hydrogens (tertiary/aromatic N) is 4. The van der Waals surface area contributed by atoms with Crippen molar-refractivity contribution < 1.29 is 14.7 Å². The van der Waals surface area contributed by atoms with Gasteiger partial charge in [0.1, 0.15) is 11.5 Å². The summed E-state index contributed by atoms with van der Waals surface area (Å²) < 4.78 is 1.88. The van der Waals surface area contributed by atoms with Crippen LogP contribution in [0.25, 0.3) is 11.3 Å². The molecule has 0 atom stereocenters. The summed E-state index contributed by atoms with van der Waals surface area (Å²) in [5.41, 5.74) is 5.19. The van der Waals surface area contributed by atoms with Crippen LogP contribution in [0.2, 0.25) is 0 Å². The molecule has 0 saturated heterocycles. The average Bonchev–Trinajstić information content (AvgIpc) is 3.08. The van der Waals surface area contributed by atoms with Crippen LogP contribution in [0.1, 0.15) is 35.0 Å². The molecule has 28 heavy (non-hydrogen) atoms. The van der Waals surface area contributed by atoms with Crippen LogP contribution < -0.4 is 10.2 Å². The largest absolute Gasteiger partial charge is 0.481 e. The van der Waals surface area contributed by atoms with Gasteiger partial charge >= 0.3 is 0 Å². The Morgan fingerprint density at radius 2 is 2.07 bits per heavy atom. The topological polar surface area (TPSA) is 100 Å². The molecule has 0 saturated carbocycles. The van der Waals surface area contributed by atoms with E-state index in [1.807, 2.05) is 10.9 Å². The van der Waals surface area contributed by atoms with Gasteiger partial charge in [0.2, 0.25) is 0 Å². The number of hydrogen-bond donors (Lipinski definition) is 2. The fraction of sp³-hybridized carbons (Fsp3) is 0.400. The number of amides is 1. The molecule has 1 amide bonds. The van der Waals surface area contributed by atoms with Crippen molar-refractivity contribution in [2.45, 2.75) is 32.7 Å². The lowest BCUT2D eigenvalue weighted by atomic mass is 9.90. The van der Waals surface area contributed by atoms with Gasteiger partial charge in [-0.3, -0.25) is 14.3 Å². The summed E-state index contributed by atoms with van der Waals surface area (Å²) in [6.45, 7) is 4.39. The zero-order chi connectivity index (χ0) is 19.7. The smallest absolute Gasteiger partial charge is 0.300 e. The molecule has 2 aromatic rings. The van der Waals surface area contributed by atoms with Gasteiger partial charge in [0.25, 0.3) is 11.9 Å². The second-order valence-corrected chi connectivity index (χ2v) is 7.08. The van der Waals surface area contributed by atoms with Gasteiger partial charge in [-0.25, -0.2) is 4.98 Å². The van der Waals surface area contributed by atoms with E-state index in [-0.39, 0.29) is 5.91 Å². The first-order valence-electron chi connectivity index (χ1n) is 9.51. The zero-order valence-corrected chi connectivity index (χ0v) is 15.8. The highest BCUT2D eigenvalue weighted by Crippen LogP contribution is 2.36. The first-order chi connectivity index (χ1) is 13.5. The standard InChI is InChI=1S/C18H19N5O.C2H4O2/c24-18-17-13-5-4-12-11-20-15(22-7-2-1-3-8-22)10-14(12)16(13)21-23(17)9-6-19-18;1-2(3)4/h1-2,10-11H,3-9H2,(H,19,24);1H3,(H,3,4). The van der Waals surface area contributed by atoms with Crippen molar-refractivity contribution in [1.82, 2.24) is 20.1 Å². The van der Waals surface area contributed by atoms with Crippen molar-refractivity contribution in [2.75, 3.05) is 24.5 Å². The van der Waals surface area contributed by atoms with Gasteiger partial charge in [0.15, 0.2) is 0 Å². The normalized spacial score (nSPS) is 16.9. The number of anilines is 1. The zero-order valence-electron chi connectivity index (χ0n) is 15.8. The summed E-state index contributed by atoms with van der Waals surface area (Å²) in [6.07, 6.45) is 9.23. The Morgan fingerprint density at radius 3 is 2.82 bits per heavy atom. The molecule has 0 fully saturated rings. The number of aryl methyl sites for hydroxylation is 1. The van der Waals surface area contributed by atoms with E-state index in [4.69, 9.17) is 15.0 Å². The van der Waals surface area contributed by atoms with E-state index in [9.17, 15) is 4.79 Å². The van der Waals surface area contributed by atoms with Crippen LogP contribution in [-0.4, -0.2) is 51.4 Å². The van der Waals surface area contributed by atoms with Gasteiger partial charge in [-0.15, -0.1) is 0 Å². The average molecular weight is 381 g/mol. The second kappa shape index (κ2) is 7.46. The lowest BCUT2D eigenvalue weighted by Gasteiger charge is -2.26. The van der Waals surface area contributed by atoms with E-state index < -0.39 is 5.97 Å². The van der Waals surface area contributed by atoms with Crippen molar-refractivity contribution >= 4 is 17.7 Å². The Bertz CT molecular complexity index is 959. The summed E-state index contributed by atoms with van der Waals surface area (Å²) in [6, 6.07) is 2.16. The number of hydrogen-bond acceptors (Lipinski definition) is 5. The van der Waals surface area contributed by atoms with E-state index >= 15 is 0 Å². The summed E-state index contributed by atoms with van der Waals surface area (Å²) in [7, 11) is 0. The maximum Gasteiger partial charge on any atom is 0.300 e. The van der Waals surface area contributed by atoms with Gasteiger partial charge in [0.05, 0.1) is 12.2 Å². The van der Waals surface area contributed by atoms with Gasteiger partial charge in [-0.05, 0) is 30.9 Å². The molecular formula is C20H23N5O3. The molecule has 0 spiro atoms. The number of carbonyl (C=O) groups excluding carboxylic acids is 1. The minimum absolute atomic E-state index is 0.00824. The minimum Gasteiger partial charge on any atom is -0.481 e. The third kappa shape index (κ3) is 3.37. The van der Waals surface area contributed by atoms with Crippen molar-refractivity contribution in [3.05, 3.63) is 41.2 Å². The number of rotatable bonds is 1. The Morgan fingerprint density at radius 1 is 1.25 bits per heavy atom. The number of fused-ring (bicyclic) bond motifs is 5. The number of carboxylic acid groups (broad SMARTS) is 1. The first kappa shape index (κ1) is 18.2. The molecule has 2 aromatic heterocycles. The van der Waals surface area contributed by atoms with Crippen LogP contribution >= 0.6 is 0 Å². The Kier molecular flexibility index (Phi) is 4.85. The molecular weight excluding hydrogens is 358 g/mol. The molecule has 0 bridgehead atoms. The summed E-state index contributed by atoms with van der Waals surface area (Å²) in [5.74, 6) is 0.176. The number of aliphatic carboxylic acids is 1. The van der Waals surface area contributed by atoms with Crippen LogP contribution in [0.15, 0.2) is 24.4 Å². The number of aromatic nitrogens is 3. The quantitative estimate of drug-likeness (QED) is 0.729. The minimum atomic E-state index is -0.833. The van der Waals surface area contributed by atoms with Crippen molar-refractivity contribution in [3.8, 4) is 11.3 Å². The molecule has 5 rings (SSSR count). The molecule has 0 unspecified atom stereocenters. The lowest BCUT2D eigenvalue weighted by molar-refractivity contribution is -0.134. The fourth-order valence-corrected chi connectivity index (χ4v) is 3.90. The molecule has 0 radical (unpaired) electrons. The van der Waals surface area contributed by atoms with E-state index in [0.29, 0.717) is 6.54 Å². The third-order valence-corrected chi connectivity index (χ3v) is 5.13.